The van der Waals surface area contributed by atoms with Crippen LogP contribution in [0.2, 0.25) is 0 Å². The molecule has 3 saturated heterocycles. The van der Waals surface area contributed by atoms with Crippen LogP contribution < -0.4 is 15.5 Å². The molecule has 4 aliphatic heterocycles. The van der Waals surface area contributed by atoms with E-state index < -0.39 is 17.6 Å². The summed E-state index contributed by atoms with van der Waals surface area (Å²) in [5, 5.41) is 17.6. The molecule has 3 aromatic rings. The average molecular weight is 652 g/mol. The molecule has 0 bridgehead atoms. The molecule has 5 heterocycles. The fourth-order valence-electron chi connectivity index (χ4n) is 7.53. The fraction of sp³-hybridized carbons (Fsp3) is 0.486. The standard InChI is InChI=1S/C37H45N7O4/c1-24(2)27-19-38-36(39-20-27)40-29-4-3-15-43(23-29)30-8-5-25(6-9-30)21-42-16-13-37(48,14-17-42)28-7-10-31-26(18-28)22-44(35(31)47)32-11-12-33(45)41-34(32)46/h5-10,18-20,24,29,32,48H,3-4,11-17,21-23H2,1-2H3,(H,38,39,40)(H,41,45,46). The minimum Gasteiger partial charge on any atom is -0.385 e. The zero-order valence-corrected chi connectivity index (χ0v) is 27.8. The van der Waals surface area contributed by atoms with Crippen LogP contribution in [0.3, 0.4) is 0 Å². The monoisotopic (exact) mass is 651 g/mol. The Bertz CT molecular complexity index is 1670. The van der Waals surface area contributed by atoms with Crippen molar-refractivity contribution < 1.29 is 19.5 Å². The fourth-order valence-corrected chi connectivity index (χ4v) is 7.53. The van der Waals surface area contributed by atoms with Crippen molar-refractivity contribution in [3.8, 4) is 0 Å². The van der Waals surface area contributed by atoms with Gasteiger partial charge in [-0.05, 0) is 78.5 Å². The molecular weight excluding hydrogens is 606 g/mol. The van der Waals surface area contributed by atoms with Gasteiger partial charge in [0.15, 0.2) is 0 Å². The Balaban J connectivity index is 0.917. The Hall–Kier alpha value is -4.35. The van der Waals surface area contributed by atoms with Gasteiger partial charge in [0, 0.05) is 75.4 Å². The lowest BCUT2D eigenvalue weighted by Gasteiger charge is -2.39. The quantitative estimate of drug-likeness (QED) is 0.310. The summed E-state index contributed by atoms with van der Waals surface area (Å²) in [5.41, 5.74) is 4.85. The van der Waals surface area contributed by atoms with Gasteiger partial charge in [-0.15, -0.1) is 0 Å². The number of nitrogens with zero attached hydrogens (tertiary/aromatic N) is 5. The second kappa shape index (κ2) is 13.3. The van der Waals surface area contributed by atoms with Crippen LogP contribution in [-0.2, 0) is 28.3 Å². The number of anilines is 2. The minimum atomic E-state index is -0.971. The number of amides is 3. The van der Waals surface area contributed by atoms with Crippen molar-refractivity contribution in [1.29, 1.82) is 0 Å². The van der Waals surface area contributed by atoms with E-state index in [0.717, 1.165) is 62.3 Å². The van der Waals surface area contributed by atoms with E-state index in [-0.39, 0.29) is 18.2 Å². The number of nitrogens with one attached hydrogen (secondary N) is 2. The van der Waals surface area contributed by atoms with Gasteiger partial charge in [0.05, 0.1) is 5.60 Å². The van der Waals surface area contributed by atoms with Crippen LogP contribution in [0.5, 0.6) is 0 Å². The summed E-state index contributed by atoms with van der Waals surface area (Å²) in [6.45, 7) is 8.88. The molecule has 4 aliphatic rings. The number of carbonyl (C=O) groups excluding carboxylic acids is 3. The van der Waals surface area contributed by atoms with Crippen LogP contribution in [0, 0.1) is 0 Å². The molecule has 2 aromatic carbocycles. The van der Waals surface area contributed by atoms with E-state index in [1.807, 2.05) is 24.5 Å². The topological polar surface area (TPSA) is 131 Å². The van der Waals surface area contributed by atoms with Gasteiger partial charge in [-0.25, -0.2) is 9.97 Å². The van der Waals surface area contributed by atoms with E-state index in [4.69, 9.17) is 0 Å². The molecule has 0 aliphatic carbocycles. The predicted octanol–water partition coefficient (Wildman–Crippen LogP) is 3.93. The van der Waals surface area contributed by atoms with Gasteiger partial charge in [0.1, 0.15) is 6.04 Å². The zero-order chi connectivity index (χ0) is 33.4. The van der Waals surface area contributed by atoms with Crippen LogP contribution in [0.1, 0.15) is 90.9 Å². The predicted molar refractivity (Wildman–Crippen MR) is 182 cm³/mol. The van der Waals surface area contributed by atoms with Crippen molar-refractivity contribution in [3.05, 3.63) is 82.7 Å². The molecule has 0 radical (unpaired) electrons. The van der Waals surface area contributed by atoms with Crippen molar-refractivity contribution in [3.63, 3.8) is 0 Å². The van der Waals surface area contributed by atoms with Crippen LogP contribution in [0.4, 0.5) is 11.6 Å². The van der Waals surface area contributed by atoms with Gasteiger partial charge in [0.25, 0.3) is 5.91 Å². The highest BCUT2D eigenvalue weighted by molar-refractivity contribution is 6.05. The lowest BCUT2D eigenvalue weighted by atomic mass is 9.83. The first-order valence-corrected chi connectivity index (χ1v) is 17.3. The van der Waals surface area contributed by atoms with E-state index in [1.54, 1.807) is 11.0 Å². The number of fused-ring (bicyclic) bond motifs is 1. The van der Waals surface area contributed by atoms with Crippen LogP contribution in [0.25, 0.3) is 0 Å². The lowest BCUT2D eigenvalue weighted by molar-refractivity contribution is -0.136. The third-order valence-electron chi connectivity index (χ3n) is 10.5. The Morgan fingerprint density at radius 3 is 2.46 bits per heavy atom. The first-order chi connectivity index (χ1) is 23.1. The van der Waals surface area contributed by atoms with Gasteiger partial charge in [-0.1, -0.05) is 38.1 Å². The molecule has 11 nitrogen and oxygen atoms in total. The normalized spacial score (nSPS) is 23.0. The number of aliphatic hydroxyl groups is 1. The van der Waals surface area contributed by atoms with Crippen molar-refractivity contribution in [2.75, 3.05) is 36.4 Å². The molecule has 11 heteroatoms. The first-order valence-electron chi connectivity index (χ1n) is 17.3. The van der Waals surface area contributed by atoms with E-state index in [9.17, 15) is 19.5 Å². The lowest BCUT2D eigenvalue weighted by Crippen LogP contribution is -2.52. The largest absolute Gasteiger partial charge is 0.385 e. The Labute approximate surface area is 281 Å². The van der Waals surface area contributed by atoms with Crippen LogP contribution in [0.15, 0.2) is 54.9 Å². The van der Waals surface area contributed by atoms with Crippen molar-refractivity contribution >= 4 is 29.4 Å². The molecule has 3 fully saturated rings. The van der Waals surface area contributed by atoms with Gasteiger partial charge in [-0.2, -0.15) is 0 Å². The molecule has 48 heavy (non-hydrogen) atoms. The third-order valence-corrected chi connectivity index (χ3v) is 10.5. The summed E-state index contributed by atoms with van der Waals surface area (Å²) in [6, 6.07) is 14.1. The number of hydrogen-bond donors (Lipinski definition) is 3. The zero-order valence-electron chi connectivity index (χ0n) is 27.8. The number of imide groups is 1. The van der Waals surface area contributed by atoms with E-state index in [0.29, 0.717) is 49.3 Å². The highest BCUT2D eigenvalue weighted by atomic mass is 16.3. The summed E-state index contributed by atoms with van der Waals surface area (Å²) in [6.07, 6.45) is 7.79. The molecule has 2 atom stereocenters. The number of hydrogen-bond acceptors (Lipinski definition) is 9. The molecule has 3 N–H and O–H groups in total. The SMILES string of the molecule is CC(C)c1cnc(NC2CCCN(c3ccc(CN4CCC(O)(c5ccc6c(c5)CN(C5CCC(=O)NC5=O)C6=O)CC4)cc3)C2)nc1. The maximum absolute atomic E-state index is 13.1. The molecule has 3 amide bonds. The molecule has 2 unspecified atom stereocenters. The number of rotatable bonds is 8. The van der Waals surface area contributed by atoms with E-state index in [2.05, 4.69) is 68.5 Å². The second-order valence-electron chi connectivity index (χ2n) is 14.2. The average Bonchev–Trinajstić information content (AvgIpc) is 3.41. The van der Waals surface area contributed by atoms with Crippen LogP contribution >= 0.6 is 0 Å². The maximum Gasteiger partial charge on any atom is 0.255 e. The van der Waals surface area contributed by atoms with Gasteiger partial charge in [0.2, 0.25) is 17.8 Å². The smallest absolute Gasteiger partial charge is 0.255 e. The van der Waals surface area contributed by atoms with E-state index >= 15 is 0 Å². The molecule has 0 saturated carbocycles. The van der Waals surface area contributed by atoms with Crippen LogP contribution in [-0.4, -0.2) is 80.9 Å². The van der Waals surface area contributed by atoms with Crippen molar-refractivity contribution in [1.82, 2.24) is 25.1 Å². The third kappa shape index (κ3) is 6.66. The van der Waals surface area contributed by atoms with E-state index in [1.165, 1.54) is 11.3 Å². The molecular formula is C37H45N7O4. The molecule has 252 valence electrons. The summed E-state index contributed by atoms with van der Waals surface area (Å²) >= 11 is 0. The second-order valence-corrected chi connectivity index (χ2v) is 14.2. The minimum absolute atomic E-state index is 0.197. The molecule has 1 aromatic heterocycles. The van der Waals surface area contributed by atoms with Gasteiger partial charge >= 0.3 is 0 Å². The maximum atomic E-state index is 13.1. The molecule has 7 rings (SSSR count). The van der Waals surface area contributed by atoms with Gasteiger partial charge < -0.3 is 20.2 Å². The Morgan fingerprint density at radius 2 is 1.75 bits per heavy atom. The summed E-state index contributed by atoms with van der Waals surface area (Å²) in [7, 11) is 0. The number of aromatic nitrogens is 2. The van der Waals surface area contributed by atoms with Crippen molar-refractivity contribution in [2.24, 2.45) is 0 Å². The number of carbonyl (C=O) groups is 3. The first kappa shape index (κ1) is 32.2. The highest BCUT2D eigenvalue weighted by Gasteiger charge is 2.41. The number of piperidine rings is 3. The Kier molecular flexibility index (Phi) is 8.91. The Morgan fingerprint density at radius 1 is 1.00 bits per heavy atom. The highest BCUT2D eigenvalue weighted by Crippen LogP contribution is 2.37. The molecule has 0 spiro atoms. The van der Waals surface area contributed by atoms with Gasteiger partial charge in [-0.3, -0.25) is 24.6 Å². The number of benzene rings is 2. The number of likely N-dealkylation sites (tertiary alicyclic amines) is 1. The summed E-state index contributed by atoms with van der Waals surface area (Å²) in [4.78, 5) is 52.5. The summed E-state index contributed by atoms with van der Waals surface area (Å²) in [5.74, 6) is 0.195. The van der Waals surface area contributed by atoms with Crippen molar-refractivity contribution in [2.45, 2.75) is 89.1 Å². The summed E-state index contributed by atoms with van der Waals surface area (Å²) < 4.78 is 0.